The summed E-state index contributed by atoms with van der Waals surface area (Å²) in [4.78, 5) is 34.1. The lowest BCUT2D eigenvalue weighted by Gasteiger charge is -2.32. The Hall–Kier alpha value is -2.28. The van der Waals surface area contributed by atoms with Crippen molar-refractivity contribution in [2.45, 2.75) is 64.0 Å². The third kappa shape index (κ3) is 4.89. The zero-order valence-electron chi connectivity index (χ0n) is 17.2. The Morgan fingerprint density at radius 3 is 2.60 bits per heavy atom. The second kappa shape index (κ2) is 9.25. The third-order valence-corrected chi connectivity index (χ3v) is 6.68. The molecule has 0 bridgehead atoms. The van der Waals surface area contributed by atoms with E-state index in [9.17, 15) is 9.59 Å². The molecule has 0 spiro atoms. The minimum atomic E-state index is -0.213. The van der Waals surface area contributed by atoms with Gasteiger partial charge >= 0.3 is 0 Å². The van der Waals surface area contributed by atoms with Gasteiger partial charge in [-0.1, -0.05) is 25.3 Å². The van der Waals surface area contributed by atoms with Crippen LogP contribution in [0, 0.1) is 5.92 Å². The van der Waals surface area contributed by atoms with Crippen molar-refractivity contribution < 1.29 is 9.59 Å². The maximum absolute atomic E-state index is 12.9. The van der Waals surface area contributed by atoms with Crippen molar-refractivity contribution in [2.24, 2.45) is 5.92 Å². The third-order valence-electron chi connectivity index (χ3n) is 6.10. The number of hydrogen-bond donors (Lipinski definition) is 2. The van der Waals surface area contributed by atoms with Crippen molar-refractivity contribution in [2.75, 3.05) is 0 Å². The lowest BCUT2D eigenvalue weighted by Crippen LogP contribution is -2.53. The fraction of sp³-hybridized carbons (Fsp3) is 0.478. The van der Waals surface area contributed by atoms with E-state index in [0.717, 1.165) is 54.8 Å². The van der Waals surface area contributed by atoms with Crippen LogP contribution in [0.5, 0.6) is 0 Å². The molecule has 2 N–H and O–H groups in total. The predicted octanol–water partition coefficient (Wildman–Crippen LogP) is 4.30. The molecule has 4 rings (SSSR count). The Balaban J connectivity index is 1.43. The molecule has 2 amide bonds. The average molecular weight is 471 g/mol. The highest BCUT2D eigenvalue weighted by Gasteiger charge is 2.28. The molecule has 3 atom stereocenters. The molecular formula is C23H27BrN4O2. The van der Waals surface area contributed by atoms with E-state index in [1.54, 1.807) is 24.5 Å². The second-order valence-electron chi connectivity index (χ2n) is 8.52. The van der Waals surface area contributed by atoms with Crippen LogP contribution in [0.3, 0.4) is 0 Å². The number of allylic oxidation sites excluding steroid dienone is 1. The minimum absolute atomic E-state index is 0.0366. The number of carbonyl (C=O) groups excluding carboxylic acids is 2. The topological polar surface area (TPSA) is 84.0 Å². The molecule has 7 heteroatoms. The van der Waals surface area contributed by atoms with Gasteiger partial charge in [-0.15, -0.1) is 0 Å². The monoisotopic (exact) mass is 470 g/mol. The van der Waals surface area contributed by atoms with Crippen molar-refractivity contribution in [3.05, 3.63) is 46.3 Å². The van der Waals surface area contributed by atoms with Gasteiger partial charge in [-0.25, -0.2) is 4.98 Å². The average Bonchev–Trinajstić information content (AvgIpc) is 3.14. The molecule has 0 saturated heterocycles. The number of rotatable bonds is 4. The molecule has 0 aromatic carbocycles. The van der Waals surface area contributed by atoms with Gasteiger partial charge in [0.15, 0.2) is 0 Å². The van der Waals surface area contributed by atoms with Gasteiger partial charge in [0.1, 0.15) is 5.69 Å². The fourth-order valence-electron chi connectivity index (χ4n) is 4.48. The first-order chi connectivity index (χ1) is 14.5. The number of amides is 2. The maximum Gasteiger partial charge on any atom is 0.270 e. The molecule has 0 aliphatic heterocycles. The van der Waals surface area contributed by atoms with Crippen LogP contribution in [0.4, 0.5) is 0 Å². The number of nitrogens with one attached hydrogen (secondary N) is 2. The Bertz CT molecular complexity index is 990. The van der Waals surface area contributed by atoms with Gasteiger partial charge in [0, 0.05) is 35.9 Å². The molecule has 2 saturated carbocycles. The molecule has 2 aromatic heterocycles. The first-order valence-electron chi connectivity index (χ1n) is 10.7. The van der Waals surface area contributed by atoms with Gasteiger partial charge in [0.25, 0.3) is 5.91 Å². The molecule has 0 radical (unpaired) electrons. The van der Waals surface area contributed by atoms with E-state index in [4.69, 9.17) is 0 Å². The number of aromatic nitrogens is 2. The molecule has 30 heavy (non-hydrogen) atoms. The lowest BCUT2D eigenvalue weighted by atomic mass is 9.90. The Morgan fingerprint density at radius 2 is 1.87 bits per heavy atom. The van der Waals surface area contributed by atoms with E-state index in [1.807, 2.05) is 6.07 Å². The lowest BCUT2D eigenvalue weighted by molar-refractivity contribution is -0.117. The SMILES string of the molecule is CC1CC/C(=C\C(=O)N[C@@H]2CCCC[C@H]2NC(=O)c2ccc3cncc(Br)c3n2)C1. The molecule has 6 nitrogen and oxygen atoms in total. The zero-order valence-corrected chi connectivity index (χ0v) is 18.7. The Kier molecular flexibility index (Phi) is 6.46. The van der Waals surface area contributed by atoms with Crippen molar-refractivity contribution in [3.63, 3.8) is 0 Å². The van der Waals surface area contributed by atoms with Crippen molar-refractivity contribution in [1.29, 1.82) is 0 Å². The summed E-state index contributed by atoms with van der Waals surface area (Å²) in [6.07, 6.45) is 12.2. The number of hydrogen-bond acceptors (Lipinski definition) is 4. The van der Waals surface area contributed by atoms with E-state index in [1.165, 1.54) is 5.57 Å². The van der Waals surface area contributed by atoms with Crippen molar-refractivity contribution in [3.8, 4) is 0 Å². The van der Waals surface area contributed by atoms with Crippen LogP contribution in [-0.4, -0.2) is 33.9 Å². The Morgan fingerprint density at radius 1 is 1.10 bits per heavy atom. The number of pyridine rings is 2. The molecule has 2 fully saturated rings. The molecule has 1 unspecified atom stereocenters. The van der Waals surface area contributed by atoms with Gasteiger partial charge in [0.05, 0.1) is 9.99 Å². The number of halogens is 1. The van der Waals surface area contributed by atoms with Crippen LogP contribution in [0.15, 0.2) is 40.6 Å². The van der Waals surface area contributed by atoms with Gasteiger partial charge < -0.3 is 10.6 Å². The summed E-state index contributed by atoms with van der Waals surface area (Å²) < 4.78 is 0.756. The highest BCUT2D eigenvalue weighted by atomic mass is 79.9. The highest BCUT2D eigenvalue weighted by molar-refractivity contribution is 9.10. The van der Waals surface area contributed by atoms with Crippen LogP contribution in [0.25, 0.3) is 10.9 Å². The first-order valence-corrected chi connectivity index (χ1v) is 11.5. The first kappa shape index (κ1) is 21.0. The van der Waals surface area contributed by atoms with Gasteiger partial charge in [-0.2, -0.15) is 0 Å². The number of nitrogens with zero attached hydrogens (tertiary/aromatic N) is 2. The van der Waals surface area contributed by atoms with E-state index >= 15 is 0 Å². The van der Waals surface area contributed by atoms with Crippen LogP contribution < -0.4 is 10.6 Å². The van der Waals surface area contributed by atoms with Crippen LogP contribution in [-0.2, 0) is 4.79 Å². The van der Waals surface area contributed by atoms with Gasteiger partial charge in [-0.05, 0) is 66.1 Å². The fourth-order valence-corrected chi connectivity index (χ4v) is 4.91. The van der Waals surface area contributed by atoms with E-state index in [-0.39, 0.29) is 23.9 Å². The standard InChI is InChI=1S/C23H27BrN4O2/c1-14-6-7-15(10-14)11-21(29)26-18-4-2-3-5-19(18)28-23(30)20-9-8-16-12-25-13-17(24)22(16)27-20/h8-9,11-14,18-19H,2-7,10H2,1H3,(H,26,29)(H,28,30)/b15-11+/t14?,18-,19-/m1/s1. The second-order valence-corrected chi connectivity index (χ2v) is 9.37. The summed E-state index contributed by atoms with van der Waals surface area (Å²) in [5.74, 6) is 0.413. The summed E-state index contributed by atoms with van der Waals surface area (Å²) in [6, 6.07) is 3.43. The summed E-state index contributed by atoms with van der Waals surface area (Å²) in [7, 11) is 0. The summed E-state index contributed by atoms with van der Waals surface area (Å²) in [6.45, 7) is 2.22. The summed E-state index contributed by atoms with van der Waals surface area (Å²) in [5, 5.41) is 7.12. The number of carbonyl (C=O) groups is 2. The molecule has 158 valence electrons. The highest BCUT2D eigenvalue weighted by Crippen LogP contribution is 2.29. The normalized spacial score (nSPS) is 25.4. The molecular weight excluding hydrogens is 444 g/mol. The molecule has 2 aliphatic carbocycles. The van der Waals surface area contributed by atoms with Crippen molar-refractivity contribution >= 4 is 38.6 Å². The van der Waals surface area contributed by atoms with E-state index in [0.29, 0.717) is 17.1 Å². The van der Waals surface area contributed by atoms with Crippen LogP contribution in [0.1, 0.15) is 62.4 Å². The predicted molar refractivity (Wildman–Crippen MR) is 120 cm³/mol. The summed E-state index contributed by atoms with van der Waals surface area (Å²) >= 11 is 3.45. The van der Waals surface area contributed by atoms with Crippen molar-refractivity contribution in [1.82, 2.24) is 20.6 Å². The van der Waals surface area contributed by atoms with E-state index < -0.39 is 0 Å². The summed E-state index contributed by atoms with van der Waals surface area (Å²) in [5.41, 5.74) is 2.31. The minimum Gasteiger partial charge on any atom is -0.348 e. The van der Waals surface area contributed by atoms with Crippen LogP contribution in [0.2, 0.25) is 0 Å². The molecule has 2 aliphatic rings. The zero-order chi connectivity index (χ0) is 21.1. The molecule has 2 aromatic rings. The largest absolute Gasteiger partial charge is 0.348 e. The smallest absolute Gasteiger partial charge is 0.270 e. The number of fused-ring (bicyclic) bond motifs is 1. The Labute approximate surface area is 185 Å². The van der Waals surface area contributed by atoms with Gasteiger partial charge in [0.2, 0.25) is 5.91 Å². The van der Waals surface area contributed by atoms with Gasteiger partial charge in [-0.3, -0.25) is 14.6 Å². The molecule has 2 heterocycles. The van der Waals surface area contributed by atoms with Crippen LogP contribution >= 0.6 is 15.9 Å². The maximum atomic E-state index is 12.9. The van der Waals surface area contributed by atoms with E-state index in [2.05, 4.69) is 43.5 Å². The quantitative estimate of drug-likeness (QED) is 0.652.